The van der Waals surface area contributed by atoms with Gasteiger partial charge in [0.2, 0.25) is 11.8 Å². The zero-order valence-electron chi connectivity index (χ0n) is 15.3. The highest BCUT2D eigenvalue weighted by Gasteiger charge is 2.60. The van der Waals surface area contributed by atoms with Crippen molar-refractivity contribution in [3.8, 4) is 0 Å². The molecular weight excluding hydrogens is 324 g/mol. The minimum absolute atomic E-state index is 0.0208. The third-order valence-electron chi connectivity index (χ3n) is 5.91. The van der Waals surface area contributed by atoms with Gasteiger partial charge >= 0.3 is 0 Å². The zero-order valence-corrected chi connectivity index (χ0v) is 15.3. The van der Waals surface area contributed by atoms with Crippen LogP contribution in [0.2, 0.25) is 0 Å². The van der Waals surface area contributed by atoms with Crippen LogP contribution in [0.4, 0.5) is 0 Å². The molecule has 2 atom stereocenters. The highest BCUT2D eigenvalue weighted by molar-refractivity contribution is 6.06. The molecule has 4 nitrogen and oxygen atoms in total. The van der Waals surface area contributed by atoms with E-state index in [9.17, 15) is 9.59 Å². The van der Waals surface area contributed by atoms with Gasteiger partial charge in [-0.2, -0.15) is 0 Å². The van der Waals surface area contributed by atoms with E-state index >= 15 is 0 Å². The van der Waals surface area contributed by atoms with Gasteiger partial charge in [-0.15, -0.1) is 0 Å². The largest absolute Gasteiger partial charge is 0.292 e. The van der Waals surface area contributed by atoms with E-state index in [1.165, 1.54) is 10.5 Å². The minimum Gasteiger partial charge on any atom is -0.292 e. The van der Waals surface area contributed by atoms with Crippen LogP contribution in [0.15, 0.2) is 60.7 Å². The second-order valence-electron chi connectivity index (χ2n) is 7.85. The SMILES string of the molecule is CC1(C)C2C(=O)N(Cc3ccccc3)C(=O)C2CN1Cc1ccccc1. The van der Waals surface area contributed by atoms with Gasteiger partial charge in [0.05, 0.1) is 18.4 Å². The molecule has 2 amide bonds. The van der Waals surface area contributed by atoms with E-state index in [-0.39, 0.29) is 29.2 Å². The standard InChI is InChI=1S/C22H24N2O2/c1-22(2)19-18(15-23(22)13-16-9-5-3-6-10-16)20(25)24(21(19)26)14-17-11-7-4-8-12-17/h3-12,18-19H,13-15H2,1-2H3. The molecule has 0 aliphatic carbocycles. The van der Waals surface area contributed by atoms with Crippen LogP contribution in [0, 0.1) is 11.8 Å². The fourth-order valence-electron chi connectivity index (χ4n) is 4.43. The predicted octanol–water partition coefficient (Wildman–Crippen LogP) is 3.08. The Kier molecular flexibility index (Phi) is 4.16. The van der Waals surface area contributed by atoms with E-state index in [1.54, 1.807) is 0 Å². The smallest absolute Gasteiger partial charge is 0.235 e. The maximum Gasteiger partial charge on any atom is 0.235 e. The van der Waals surface area contributed by atoms with Gasteiger partial charge in [-0.1, -0.05) is 60.7 Å². The van der Waals surface area contributed by atoms with E-state index in [1.807, 2.05) is 48.5 Å². The lowest BCUT2D eigenvalue weighted by atomic mass is 9.84. The van der Waals surface area contributed by atoms with Crippen LogP contribution < -0.4 is 0 Å². The first kappa shape index (κ1) is 17.0. The Morgan fingerprint density at radius 3 is 1.92 bits per heavy atom. The minimum atomic E-state index is -0.335. The number of benzene rings is 2. The number of hydrogen-bond acceptors (Lipinski definition) is 3. The number of carbonyl (C=O) groups excluding carboxylic acids is 2. The Labute approximate surface area is 154 Å². The van der Waals surface area contributed by atoms with Gasteiger partial charge in [0, 0.05) is 18.6 Å². The van der Waals surface area contributed by atoms with Gasteiger partial charge in [-0.05, 0) is 25.0 Å². The van der Waals surface area contributed by atoms with Gasteiger partial charge in [-0.3, -0.25) is 19.4 Å². The van der Waals surface area contributed by atoms with Crippen molar-refractivity contribution < 1.29 is 9.59 Å². The number of amides is 2. The summed E-state index contributed by atoms with van der Waals surface area (Å²) in [5, 5.41) is 0. The molecule has 134 valence electrons. The molecule has 2 fully saturated rings. The summed E-state index contributed by atoms with van der Waals surface area (Å²) >= 11 is 0. The number of hydrogen-bond donors (Lipinski definition) is 0. The summed E-state index contributed by atoms with van der Waals surface area (Å²) in [5.74, 6) is -0.538. The van der Waals surface area contributed by atoms with E-state index in [4.69, 9.17) is 0 Å². The zero-order chi connectivity index (χ0) is 18.3. The Bertz CT molecular complexity index is 817. The van der Waals surface area contributed by atoms with E-state index in [0.717, 1.165) is 12.1 Å². The van der Waals surface area contributed by atoms with Crippen molar-refractivity contribution in [1.29, 1.82) is 0 Å². The maximum absolute atomic E-state index is 13.1. The first-order valence-electron chi connectivity index (χ1n) is 9.16. The Morgan fingerprint density at radius 2 is 1.38 bits per heavy atom. The number of rotatable bonds is 4. The van der Waals surface area contributed by atoms with Gasteiger partial charge in [0.15, 0.2) is 0 Å². The van der Waals surface area contributed by atoms with Crippen molar-refractivity contribution >= 4 is 11.8 Å². The van der Waals surface area contributed by atoms with Gasteiger partial charge < -0.3 is 0 Å². The molecule has 0 bridgehead atoms. The molecule has 2 aromatic carbocycles. The third kappa shape index (κ3) is 2.74. The van der Waals surface area contributed by atoms with Crippen molar-refractivity contribution in [2.24, 2.45) is 11.8 Å². The van der Waals surface area contributed by atoms with E-state index in [2.05, 4.69) is 30.9 Å². The number of carbonyl (C=O) groups is 2. The normalized spacial score (nSPS) is 24.9. The maximum atomic E-state index is 13.1. The molecule has 2 heterocycles. The fourth-order valence-corrected chi connectivity index (χ4v) is 4.43. The highest BCUT2D eigenvalue weighted by atomic mass is 16.2. The summed E-state index contributed by atoms with van der Waals surface area (Å²) in [4.78, 5) is 29.8. The number of imide groups is 1. The molecule has 2 unspecified atom stereocenters. The van der Waals surface area contributed by atoms with Crippen LogP contribution in [-0.2, 0) is 22.7 Å². The lowest BCUT2D eigenvalue weighted by Crippen LogP contribution is -2.46. The van der Waals surface area contributed by atoms with Crippen LogP contribution >= 0.6 is 0 Å². The molecule has 0 spiro atoms. The third-order valence-corrected chi connectivity index (χ3v) is 5.91. The van der Waals surface area contributed by atoms with Crippen molar-refractivity contribution in [3.05, 3.63) is 71.8 Å². The van der Waals surface area contributed by atoms with E-state index < -0.39 is 0 Å². The summed E-state index contributed by atoms with van der Waals surface area (Å²) in [6.45, 7) is 5.97. The first-order chi connectivity index (χ1) is 12.5. The van der Waals surface area contributed by atoms with Gasteiger partial charge in [0.25, 0.3) is 0 Å². The Hall–Kier alpha value is -2.46. The van der Waals surface area contributed by atoms with Crippen molar-refractivity contribution in [2.75, 3.05) is 6.54 Å². The lowest BCUT2D eigenvalue weighted by Gasteiger charge is -2.35. The predicted molar refractivity (Wildman–Crippen MR) is 99.9 cm³/mol. The quantitative estimate of drug-likeness (QED) is 0.797. The van der Waals surface area contributed by atoms with Gasteiger partial charge in [-0.25, -0.2) is 0 Å². The second-order valence-corrected chi connectivity index (χ2v) is 7.85. The molecular formula is C22H24N2O2. The molecule has 2 aromatic rings. The van der Waals surface area contributed by atoms with Crippen LogP contribution in [0.1, 0.15) is 25.0 Å². The van der Waals surface area contributed by atoms with Crippen LogP contribution in [0.3, 0.4) is 0 Å². The average molecular weight is 348 g/mol. The summed E-state index contributed by atoms with van der Waals surface area (Å²) < 4.78 is 0. The fraction of sp³-hybridized carbons (Fsp3) is 0.364. The van der Waals surface area contributed by atoms with Crippen LogP contribution in [-0.4, -0.2) is 33.7 Å². The summed E-state index contributed by atoms with van der Waals surface area (Å²) in [6.07, 6.45) is 0. The monoisotopic (exact) mass is 348 g/mol. The molecule has 26 heavy (non-hydrogen) atoms. The molecule has 2 saturated heterocycles. The van der Waals surface area contributed by atoms with Crippen molar-refractivity contribution in [1.82, 2.24) is 9.80 Å². The van der Waals surface area contributed by atoms with Crippen LogP contribution in [0.5, 0.6) is 0 Å². The summed E-state index contributed by atoms with van der Waals surface area (Å²) in [7, 11) is 0. The summed E-state index contributed by atoms with van der Waals surface area (Å²) in [6, 6.07) is 20.0. The molecule has 0 N–H and O–H groups in total. The van der Waals surface area contributed by atoms with Gasteiger partial charge in [0.1, 0.15) is 0 Å². The molecule has 0 aromatic heterocycles. The number of nitrogens with zero attached hydrogens (tertiary/aromatic N) is 2. The highest BCUT2D eigenvalue weighted by Crippen LogP contribution is 2.45. The molecule has 2 aliphatic heterocycles. The average Bonchev–Trinajstić information content (AvgIpc) is 3.03. The lowest BCUT2D eigenvalue weighted by molar-refractivity contribution is -0.142. The van der Waals surface area contributed by atoms with E-state index in [0.29, 0.717) is 13.1 Å². The Balaban J connectivity index is 1.55. The molecule has 0 radical (unpaired) electrons. The number of likely N-dealkylation sites (tertiary alicyclic amines) is 2. The molecule has 4 rings (SSSR count). The van der Waals surface area contributed by atoms with Crippen molar-refractivity contribution in [2.45, 2.75) is 32.5 Å². The topological polar surface area (TPSA) is 40.6 Å². The molecule has 2 aliphatic rings. The number of fused-ring (bicyclic) bond motifs is 1. The summed E-state index contributed by atoms with van der Waals surface area (Å²) in [5.41, 5.74) is 1.87. The van der Waals surface area contributed by atoms with Crippen molar-refractivity contribution in [3.63, 3.8) is 0 Å². The second kappa shape index (κ2) is 6.36. The first-order valence-corrected chi connectivity index (χ1v) is 9.16. The van der Waals surface area contributed by atoms with Crippen LogP contribution in [0.25, 0.3) is 0 Å². The molecule has 0 saturated carbocycles. The molecule has 4 heteroatoms. The Morgan fingerprint density at radius 1 is 0.846 bits per heavy atom.